The molecule has 10 heteroatoms. The second-order valence-electron chi connectivity index (χ2n) is 8.01. The molecule has 168 valence electrons. The molecule has 7 nitrogen and oxygen atoms in total. The molecule has 0 radical (unpaired) electrons. The minimum absolute atomic E-state index is 0.00819. The average Bonchev–Trinajstić information content (AvgIpc) is 3.41. The zero-order chi connectivity index (χ0) is 23.3. The van der Waals surface area contributed by atoms with Crippen molar-refractivity contribution < 1.29 is 13.6 Å². The summed E-state index contributed by atoms with van der Waals surface area (Å²) in [6.07, 6.45) is 1.85. The van der Waals surface area contributed by atoms with Gasteiger partial charge in [-0.3, -0.25) is 9.48 Å². The van der Waals surface area contributed by atoms with Gasteiger partial charge in [-0.25, -0.2) is 0 Å². The topological polar surface area (TPSA) is 76.8 Å². The normalized spacial score (nSPS) is 17.8. The van der Waals surface area contributed by atoms with Crippen LogP contribution >= 0.6 is 11.3 Å². The van der Waals surface area contributed by atoms with Gasteiger partial charge in [0.1, 0.15) is 0 Å². The number of benzene rings is 1. The molecule has 1 aliphatic rings. The molecule has 1 aliphatic heterocycles. The predicted octanol–water partition coefficient (Wildman–Crippen LogP) is 4.27. The molecule has 2 atom stereocenters. The molecule has 2 unspecified atom stereocenters. The van der Waals surface area contributed by atoms with Crippen molar-refractivity contribution in [1.29, 1.82) is 0 Å². The van der Waals surface area contributed by atoms with E-state index >= 15 is 0 Å². The standard InChI is InChI=1S/C23H20F2N6OS/c1-12-17(10-26-30(12)3)18-11-31(13(2)14-6-4-5-7-15(14)18)23(32)22-29-28-21(33-22)16-8-9-19(24)27-20(16)25/h4-10,13,18H,11H2,1-3H3. The number of carbonyl (C=O) groups excluding carboxylic acids is 1. The van der Waals surface area contributed by atoms with Gasteiger partial charge < -0.3 is 4.90 Å². The summed E-state index contributed by atoms with van der Waals surface area (Å²) in [5, 5.41) is 12.7. The molecule has 0 N–H and O–H groups in total. The zero-order valence-electron chi connectivity index (χ0n) is 18.2. The van der Waals surface area contributed by atoms with Gasteiger partial charge in [-0.15, -0.1) is 10.2 Å². The number of aromatic nitrogens is 5. The third-order valence-corrected chi connectivity index (χ3v) is 7.18. The Labute approximate surface area is 192 Å². The number of halogens is 2. The van der Waals surface area contributed by atoms with E-state index in [0.717, 1.165) is 34.2 Å². The van der Waals surface area contributed by atoms with Gasteiger partial charge in [-0.1, -0.05) is 35.6 Å². The number of fused-ring (bicyclic) bond motifs is 1. The van der Waals surface area contributed by atoms with Crippen LogP contribution in [0.1, 0.15) is 51.1 Å². The molecular weight excluding hydrogens is 446 g/mol. The van der Waals surface area contributed by atoms with Crippen molar-refractivity contribution in [2.24, 2.45) is 7.05 Å². The van der Waals surface area contributed by atoms with Crippen molar-refractivity contribution in [3.05, 3.63) is 81.9 Å². The summed E-state index contributed by atoms with van der Waals surface area (Å²) in [5.41, 5.74) is 4.33. The SMILES string of the molecule is Cc1c(C2CN(C(=O)c3nnc(-c4ccc(F)nc4F)s3)C(C)c3ccccc32)cnn1C. The second kappa shape index (κ2) is 8.11. The Hall–Kier alpha value is -3.53. The summed E-state index contributed by atoms with van der Waals surface area (Å²) in [5.74, 6) is -2.24. The number of carbonyl (C=O) groups is 1. The molecule has 0 saturated carbocycles. The van der Waals surface area contributed by atoms with Crippen molar-refractivity contribution in [3.8, 4) is 10.6 Å². The molecule has 0 spiro atoms. The Morgan fingerprint density at radius 2 is 1.85 bits per heavy atom. The summed E-state index contributed by atoms with van der Waals surface area (Å²) in [6.45, 7) is 4.44. The Morgan fingerprint density at radius 3 is 2.55 bits per heavy atom. The van der Waals surface area contributed by atoms with Crippen LogP contribution in [-0.2, 0) is 7.05 Å². The molecule has 0 fully saturated rings. The Bertz CT molecular complexity index is 1370. The highest BCUT2D eigenvalue weighted by atomic mass is 32.1. The smallest absolute Gasteiger partial charge is 0.285 e. The van der Waals surface area contributed by atoms with Crippen LogP contribution in [0, 0.1) is 18.8 Å². The van der Waals surface area contributed by atoms with E-state index in [1.165, 1.54) is 11.6 Å². The molecule has 1 amide bonds. The third kappa shape index (κ3) is 3.60. The summed E-state index contributed by atoms with van der Waals surface area (Å²) in [7, 11) is 1.89. The monoisotopic (exact) mass is 466 g/mol. The van der Waals surface area contributed by atoms with E-state index in [-0.39, 0.29) is 33.4 Å². The zero-order valence-corrected chi connectivity index (χ0v) is 19.0. The highest BCUT2D eigenvalue weighted by Crippen LogP contribution is 2.41. The van der Waals surface area contributed by atoms with Crippen molar-refractivity contribution in [2.75, 3.05) is 6.54 Å². The third-order valence-electron chi connectivity index (χ3n) is 6.23. The van der Waals surface area contributed by atoms with Gasteiger partial charge in [0.2, 0.25) is 16.9 Å². The number of hydrogen-bond acceptors (Lipinski definition) is 6. The van der Waals surface area contributed by atoms with Gasteiger partial charge >= 0.3 is 0 Å². The quantitative estimate of drug-likeness (QED) is 0.422. The minimum Gasteiger partial charge on any atom is -0.329 e. The Balaban J connectivity index is 1.51. The van der Waals surface area contributed by atoms with Crippen LogP contribution in [0.25, 0.3) is 10.6 Å². The predicted molar refractivity (Wildman–Crippen MR) is 119 cm³/mol. The first kappa shape index (κ1) is 21.3. The van der Waals surface area contributed by atoms with Crippen LogP contribution in [0.5, 0.6) is 0 Å². The van der Waals surface area contributed by atoms with Gasteiger partial charge in [0.15, 0.2) is 5.01 Å². The summed E-state index contributed by atoms with van der Waals surface area (Å²) in [4.78, 5) is 18.5. The van der Waals surface area contributed by atoms with E-state index in [0.29, 0.717) is 6.54 Å². The molecule has 0 saturated heterocycles. The van der Waals surface area contributed by atoms with E-state index in [4.69, 9.17) is 0 Å². The van der Waals surface area contributed by atoms with Crippen LogP contribution in [0.3, 0.4) is 0 Å². The summed E-state index contributed by atoms with van der Waals surface area (Å²) >= 11 is 0.963. The fourth-order valence-corrected chi connectivity index (χ4v) is 5.14. The number of amides is 1. The van der Waals surface area contributed by atoms with Crippen LogP contribution in [0.15, 0.2) is 42.6 Å². The van der Waals surface area contributed by atoms with E-state index in [1.54, 1.807) is 4.90 Å². The molecule has 4 heterocycles. The molecule has 0 aliphatic carbocycles. The fourth-order valence-electron chi connectivity index (χ4n) is 4.33. The van der Waals surface area contributed by atoms with Gasteiger partial charge in [0, 0.05) is 30.8 Å². The van der Waals surface area contributed by atoms with Crippen molar-refractivity contribution in [1.82, 2.24) is 29.9 Å². The highest BCUT2D eigenvalue weighted by molar-refractivity contribution is 7.16. The van der Waals surface area contributed by atoms with Crippen molar-refractivity contribution >= 4 is 17.2 Å². The largest absolute Gasteiger partial charge is 0.329 e. The minimum atomic E-state index is -0.988. The maximum atomic E-state index is 14.1. The van der Waals surface area contributed by atoms with E-state index in [9.17, 15) is 13.6 Å². The number of rotatable bonds is 3. The van der Waals surface area contributed by atoms with E-state index in [2.05, 4.69) is 26.3 Å². The van der Waals surface area contributed by atoms with Crippen molar-refractivity contribution in [3.63, 3.8) is 0 Å². The number of hydrogen-bond donors (Lipinski definition) is 0. The first-order chi connectivity index (χ1) is 15.8. The van der Waals surface area contributed by atoms with Gasteiger partial charge in [0.25, 0.3) is 5.91 Å². The molecule has 3 aromatic heterocycles. The lowest BCUT2D eigenvalue weighted by molar-refractivity contribution is 0.0663. The Kier molecular flexibility index (Phi) is 5.24. The number of nitrogens with zero attached hydrogens (tertiary/aromatic N) is 6. The van der Waals surface area contributed by atoms with Gasteiger partial charge in [-0.05, 0) is 37.1 Å². The number of pyridine rings is 1. The highest BCUT2D eigenvalue weighted by Gasteiger charge is 2.36. The van der Waals surface area contributed by atoms with Gasteiger partial charge in [0.05, 0.1) is 17.8 Å². The molecule has 0 bridgehead atoms. The molecule has 33 heavy (non-hydrogen) atoms. The lowest BCUT2D eigenvalue weighted by Gasteiger charge is -2.39. The first-order valence-electron chi connectivity index (χ1n) is 10.4. The van der Waals surface area contributed by atoms with Crippen molar-refractivity contribution in [2.45, 2.75) is 25.8 Å². The van der Waals surface area contributed by atoms with Crippen LogP contribution in [-0.4, -0.2) is 42.3 Å². The maximum Gasteiger partial charge on any atom is 0.285 e. The number of aryl methyl sites for hydroxylation is 1. The molecule has 1 aromatic carbocycles. The van der Waals surface area contributed by atoms with Crippen LogP contribution < -0.4 is 0 Å². The lowest BCUT2D eigenvalue weighted by atomic mass is 9.82. The molecular formula is C23H20F2N6OS. The fraction of sp³-hybridized carbons (Fsp3) is 0.261. The van der Waals surface area contributed by atoms with E-state index in [1.807, 2.05) is 50.0 Å². The molecule has 4 aromatic rings. The lowest BCUT2D eigenvalue weighted by Crippen LogP contribution is -2.41. The maximum absolute atomic E-state index is 14.1. The van der Waals surface area contributed by atoms with Gasteiger partial charge in [-0.2, -0.15) is 18.9 Å². The summed E-state index contributed by atoms with van der Waals surface area (Å²) in [6, 6.07) is 10.2. The van der Waals surface area contributed by atoms with E-state index < -0.39 is 11.9 Å². The molecule has 5 rings (SSSR count). The first-order valence-corrected chi connectivity index (χ1v) is 11.2. The summed E-state index contributed by atoms with van der Waals surface area (Å²) < 4.78 is 29.1. The second-order valence-corrected chi connectivity index (χ2v) is 8.99. The average molecular weight is 467 g/mol. The Morgan fingerprint density at radius 1 is 1.09 bits per heavy atom. The van der Waals surface area contributed by atoms with Crippen LogP contribution in [0.4, 0.5) is 8.78 Å². The van der Waals surface area contributed by atoms with Crippen LogP contribution in [0.2, 0.25) is 0 Å².